The molecule has 3 nitrogen and oxygen atoms in total. The first kappa shape index (κ1) is 7.28. The zero-order chi connectivity index (χ0) is 8.55. The van der Waals surface area contributed by atoms with E-state index in [1.807, 2.05) is 19.1 Å². The molecule has 64 valence electrons. The quantitative estimate of drug-likeness (QED) is 0.645. The van der Waals surface area contributed by atoms with Crippen LogP contribution in [0.3, 0.4) is 0 Å². The van der Waals surface area contributed by atoms with E-state index < -0.39 is 0 Å². The van der Waals surface area contributed by atoms with Crippen LogP contribution in [0.5, 0.6) is 11.5 Å². The number of rotatable bonds is 1. The van der Waals surface area contributed by atoms with Gasteiger partial charge in [0, 0.05) is 6.42 Å². The second kappa shape index (κ2) is 2.59. The average Bonchev–Trinajstić information content (AvgIpc) is 2.49. The summed E-state index contributed by atoms with van der Waals surface area (Å²) < 4.78 is 10.9. The summed E-state index contributed by atoms with van der Waals surface area (Å²) in [7, 11) is 0. The smallest absolute Gasteiger partial charge is 0.241 e. The summed E-state index contributed by atoms with van der Waals surface area (Å²) in [5, 5.41) is 0. The van der Waals surface area contributed by atoms with Crippen molar-refractivity contribution in [3.8, 4) is 11.5 Å². The maximum Gasteiger partial charge on any atom is 0.241 e. The van der Waals surface area contributed by atoms with E-state index in [2.05, 4.69) is 0 Å². The number of para-hydroxylation sites is 1. The summed E-state index contributed by atoms with van der Waals surface area (Å²) in [6.45, 7) is 2.01. The van der Waals surface area contributed by atoms with Gasteiger partial charge in [-0.15, -0.1) is 0 Å². The molecule has 12 heavy (non-hydrogen) atoms. The van der Waals surface area contributed by atoms with E-state index in [1.165, 1.54) is 0 Å². The summed E-state index contributed by atoms with van der Waals surface area (Å²) in [6.07, 6.45) is 0.665. The minimum absolute atomic E-state index is 0.162. The Morgan fingerprint density at radius 1 is 1.42 bits per heavy atom. The summed E-state index contributed by atoms with van der Waals surface area (Å²) >= 11 is 0. The number of hydrogen-bond donors (Lipinski definition) is 1. The molecule has 1 atom stereocenters. The molecule has 1 heterocycles. The molecule has 0 aromatic heterocycles. The van der Waals surface area contributed by atoms with Gasteiger partial charge in [0.25, 0.3) is 0 Å². The number of nitrogen functional groups attached to an aromatic ring is 1. The third kappa shape index (κ3) is 0.978. The van der Waals surface area contributed by atoms with E-state index in [1.54, 1.807) is 6.07 Å². The maximum atomic E-state index is 5.68. The van der Waals surface area contributed by atoms with Gasteiger partial charge in [-0.3, -0.25) is 0 Å². The molecule has 0 fully saturated rings. The Hall–Kier alpha value is -1.38. The molecule has 1 aromatic rings. The first-order chi connectivity index (χ1) is 5.81. The largest absolute Gasteiger partial charge is 0.451 e. The summed E-state index contributed by atoms with van der Waals surface area (Å²) in [5.74, 6) is 1.44. The van der Waals surface area contributed by atoms with Gasteiger partial charge in [-0.05, 0) is 12.1 Å². The van der Waals surface area contributed by atoms with Crippen LogP contribution in [0, 0.1) is 0 Å². The second-order valence-electron chi connectivity index (χ2n) is 2.75. The van der Waals surface area contributed by atoms with E-state index in [0.29, 0.717) is 11.4 Å². The van der Waals surface area contributed by atoms with Crippen LogP contribution in [0.2, 0.25) is 0 Å². The average molecular weight is 165 g/mol. The number of hydrogen-bond acceptors (Lipinski definition) is 3. The van der Waals surface area contributed by atoms with Crippen LogP contribution in [0.1, 0.15) is 13.3 Å². The molecule has 1 aliphatic rings. The Kier molecular flexibility index (Phi) is 1.57. The molecule has 0 amide bonds. The zero-order valence-electron chi connectivity index (χ0n) is 6.91. The standard InChI is InChI=1S/C9H11NO2/c1-2-8-11-7-5-3-4-6(10)9(7)12-8/h3-5,8H,2,10H2,1H3. The van der Waals surface area contributed by atoms with Crippen LogP contribution in [0.4, 0.5) is 5.69 Å². The Morgan fingerprint density at radius 3 is 2.92 bits per heavy atom. The van der Waals surface area contributed by atoms with Crippen LogP contribution in [-0.2, 0) is 0 Å². The SMILES string of the molecule is CCC1Oc2cccc(N)c2O1. The van der Waals surface area contributed by atoms with Gasteiger partial charge in [0.2, 0.25) is 6.29 Å². The minimum Gasteiger partial charge on any atom is -0.451 e. The van der Waals surface area contributed by atoms with E-state index in [4.69, 9.17) is 15.2 Å². The third-order valence-electron chi connectivity index (χ3n) is 1.85. The molecule has 1 aliphatic heterocycles. The molecule has 3 heteroatoms. The monoisotopic (exact) mass is 165 g/mol. The lowest BCUT2D eigenvalue weighted by atomic mass is 10.3. The first-order valence-corrected chi connectivity index (χ1v) is 4.03. The topological polar surface area (TPSA) is 44.5 Å². The predicted molar refractivity (Wildman–Crippen MR) is 46.2 cm³/mol. The Labute approximate surface area is 71.1 Å². The molecule has 0 radical (unpaired) electrons. The van der Waals surface area contributed by atoms with Crippen molar-refractivity contribution in [1.29, 1.82) is 0 Å². The van der Waals surface area contributed by atoms with E-state index >= 15 is 0 Å². The molecular formula is C9H11NO2. The molecule has 0 saturated heterocycles. The fraction of sp³-hybridized carbons (Fsp3) is 0.333. The van der Waals surface area contributed by atoms with Gasteiger partial charge >= 0.3 is 0 Å². The molecule has 1 aromatic carbocycles. The summed E-state index contributed by atoms with van der Waals surface area (Å²) in [6, 6.07) is 5.52. The van der Waals surface area contributed by atoms with E-state index in [0.717, 1.165) is 12.2 Å². The molecule has 1 unspecified atom stereocenters. The molecule has 0 saturated carbocycles. The second-order valence-corrected chi connectivity index (χ2v) is 2.75. The lowest BCUT2D eigenvalue weighted by Gasteiger charge is -2.05. The molecule has 0 bridgehead atoms. The maximum absolute atomic E-state index is 5.68. The Morgan fingerprint density at radius 2 is 2.25 bits per heavy atom. The number of nitrogens with two attached hydrogens (primary N) is 1. The van der Waals surface area contributed by atoms with Crippen LogP contribution >= 0.6 is 0 Å². The van der Waals surface area contributed by atoms with Crippen molar-refractivity contribution in [3.05, 3.63) is 18.2 Å². The van der Waals surface area contributed by atoms with Crippen LogP contribution < -0.4 is 15.2 Å². The van der Waals surface area contributed by atoms with Gasteiger partial charge in [0.15, 0.2) is 11.5 Å². The van der Waals surface area contributed by atoms with Crippen LogP contribution in [-0.4, -0.2) is 6.29 Å². The minimum atomic E-state index is -0.162. The van der Waals surface area contributed by atoms with Crippen molar-refractivity contribution in [2.75, 3.05) is 5.73 Å². The van der Waals surface area contributed by atoms with Gasteiger partial charge in [0.05, 0.1) is 5.69 Å². The Balaban J connectivity index is 2.35. The van der Waals surface area contributed by atoms with Gasteiger partial charge in [0.1, 0.15) is 0 Å². The molecule has 2 rings (SSSR count). The van der Waals surface area contributed by atoms with Gasteiger partial charge in [-0.2, -0.15) is 0 Å². The highest BCUT2D eigenvalue weighted by molar-refractivity contribution is 5.61. The first-order valence-electron chi connectivity index (χ1n) is 4.03. The highest BCUT2D eigenvalue weighted by Gasteiger charge is 2.23. The zero-order valence-corrected chi connectivity index (χ0v) is 6.91. The third-order valence-corrected chi connectivity index (χ3v) is 1.85. The molecular weight excluding hydrogens is 154 g/mol. The van der Waals surface area contributed by atoms with Crippen molar-refractivity contribution in [2.24, 2.45) is 0 Å². The van der Waals surface area contributed by atoms with Crippen molar-refractivity contribution < 1.29 is 9.47 Å². The van der Waals surface area contributed by atoms with Gasteiger partial charge < -0.3 is 15.2 Å². The predicted octanol–water partition coefficient (Wildman–Crippen LogP) is 1.78. The van der Waals surface area contributed by atoms with Crippen molar-refractivity contribution in [3.63, 3.8) is 0 Å². The van der Waals surface area contributed by atoms with Crippen molar-refractivity contribution >= 4 is 5.69 Å². The van der Waals surface area contributed by atoms with E-state index in [-0.39, 0.29) is 6.29 Å². The summed E-state index contributed by atoms with van der Waals surface area (Å²) in [4.78, 5) is 0. The van der Waals surface area contributed by atoms with Crippen molar-refractivity contribution in [1.82, 2.24) is 0 Å². The van der Waals surface area contributed by atoms with Gasteiger partial charge in [-0.25, -0.2) is 0 Å². The fourth-order valence-electron chi connectivity index (χ4n) is 1.22. The molecule has 0 spiro atoms. The van der Waals surface area contributed by atoms with Crippen LogP contribution in [0.25, 0.3) is 0 Å². The highest BCUT2D eigenvalue weighted by atomic mass is 16.7. The molecule has 2 N–H and O–H groups in total. The van der Waals surface area contributed by atoms with Gasteiger partial charge in [-0.1, -0.05) is 13.0 Å². The lowest BCUT2D eigenvalue weighted by Crippen LogP contribution is -2.15. The highest BCUT2D eigenvalue weighted by Crippen LogP contribution is 2.39. The fourth-order valence-corrected chi connectivity index (χ4v) is 1.22. The number of fused-ring (bicyclic) bond motifs is 1. The van der Waals surface area contributed by atoms with E-state index in [9.17, 15) is 0 Å². The lowest BCUT2D eigenvalue weighted by molar-refractivity contribution is 0.0468. The molecule has 0 aliphatic carbocycles. The Bertz CT molecular complexity index is 299. The van der Waals surface area contributed by atoms with Crippen LogP contribution in [0.15, 0.2) is 18.2 Å². The summed E-state index contributed by atoms with van der Waals surface area (Å²) in [5.41, 5.74) is 6.33. The number of ether oxygens (including phenoxy) is 2. The number of benzene rings is 1. The number of anilines is 1. The van der Waals surface area contributed by atoms with Crippen molar-refractivity contribution in [2.45, 2.75) is 19.6 Å². The normalized spacial score (nSPS) is 19.6.